The standard InChI is InChI=1S/C14H24N4O2/c1-14(2)9-18(6-5-11(14)15)8-10-7-16(3)13(20)17(4)12(10)19/h7,11H,5-6,8-9,15H2,1-4H3. The van der Waals surface area contributed by atoms with Crippen molar-refractivity contribution in [2.75, 3.05) is 13.1 Å². The molecule has 2 N–H and O–H groups in total. The van der Waals surface area contributed by atoms with Gasteiger partial charge >= 0.3 is 5.69 Å². The Balaban J connectivity index is 2.24. The lowest BCUT2D eigenvalue weighted by atomic mass is 9.79. The Morgan fingerprint density at radius 3 is 2.60 bits per heavy atom. The largest absolute Gasteiger partial charge is 0.330 e. The molecular formula is C14H24N4O2. The van der Waals surface area contributed by atoms with E-state index in [9.17, 15) is 9.59 Å². The van der Waals surface area contributed by atoms with Crippen molar-refractivity contribution in [1.29, 1.82) is 0 Å². The van der Waals surface area contributed by atoms with E-state index in [1.54, 1.807) is 13.2 Å². The molecule has 0 spiro atoms. The molecule has 0 amide bonds. The fraction of sp³-hybridized carbons (Fsp3) is 0.714. The molecule has 0 bridgehead atoms. The van der Waals surface area contributed by atoms with Crippen LogP contribution in [0.25, 0.3) is 0 Å². The van der Waals surface area contributed by atoms with E-state index in [2.05, 4.69) is 18.7 Å². The van der Waals surface area contributed by atoms with E-state index >= 15 is 0 Å². The topological polar surface area (TPSA) is 73.3 Å². The molecule has 112 valence electrons. The molecule has 1 aliphatic rings. The Kier molecular flexibility index (Phi) is 3.88. The van der Waals surface area contributed by atoms with Crippen LogP contribution >= 0.6 is 0 Å². The fourth-order valence-corrected chi connectivity index (χ4v) is 2.85. The van der Waals surface area contributed by atoms with E-state index in [-0.39, 0.29) is 22.7 Å². The van der Waals surface area contributed by atoms with Gasteiger partial charge in [0.2, 0.25) is 0 Å². The van der Waals surface area contributed by atoms with Gasteiger partial charge in [0.05, 0.1) is 0 Å². The first-order chi connectivity index (χ1) is 9.22. The summed E-state index contributed by atoms with van der Waals surface area (Å²) in [5, 5.41) is 0. The molecule has 1 unspecified atom stereocenters. The van der Waals surface area contributed by atoms with Crippen molar-refractivity contribution in [3.8, 4) is 0 Å². The number of nitrogens with two attached hydrogens (primary N) is 1. The lowest BCUT2D eigenvalue weighted by Crippen LogP contribution is -2.52. The Labute approximate surface area is 118 Å². The van der Waals surface area contributed by atoms with Crippen LogP contribution in [0.2, 0.25) is 0 Å². The molecule has 2 heterocycles. The van der Waals surface area contributed by atoms with Crippen molar-refractivity contribution in [3.05, 3.63) is 32.6 Å². The van der Waals surface area contributed by atoms with Gasteiger partial charge in [-0.15, -0.1) is 0 Å². The second kappa shape index (κ2) is 5.18. The van der Waals surface area contributed by atoms with Crippen LogP contribution in [0.4, 0.5) is 0 Å². The molecule has 1 fully saturated rings. The highest BCUT2D eigenvalue weighted by atomic mass is 16.2. The van der Waals surface area contributed by atoms with Crippen LogP contribution in [-0.4, -0.2) is 33.2 Å². The van der Waals surface area contributed by atoms with Crippen LogP contribution in [0.5, 0.6) is 0 Å². The highest BCUT2D eigenvalue weighted by Gasteiger charge is 2.33. The van der Waals surface area contributed by atoms with E-state index in [1.165, 1.54) is 11.6 Å². The van der Waals surface area contributed by atoms with E-state index in [4.69, 9.17) is 5.73 Å². The van der Waals surface area contributed by atoms with Gasteiger partial charge in [0, 0.05) is 51.5 Å². The molecule has 20 heavy (non-hydrogen) atoms. The summed E-state index contributed by atoms with van der Waals surface area (Å²) < 4.78 is 2.62. The molecule has 1 saturated heterocycles. The average molecular weight is 280 g/mol. The van der Waals surface area contributed by atoms with Gasteiger partial charge in [-0.2, -0.15) is 0 Å². The first-order valence-corrected chi connectivity index (χ1v) is 6.96. The number of rotatable bonds is 2. The smallest absolute Gasteiger partial charge is 0.327 e. The lowest BCUT2D eigenvalue weighted by Gasteiger charge is -2.42. The minimum atomic E-state index is -0.292. The normalized spacial score (nSPS) is 22.9. The summed E-state index contributed by atoms with van der Waals surface area (Å²) in [5.74, 6) is 0. The molecule has 2 rings (SSSR count). The van der Waals surface area contributed by atoms with Crippen molar-refractivity contribution in [2.45, 2.75) is 32.9 Å². The molecule has 0 aliphatic carbocycles. The van der Waals surface area contributed by atoms with Crippen LogP contribution < -0.4 is 17.0 Å². The van der Waals surface area contributed by atoms with E-state index < -0.39 is 0 Å². The molecular weight excluding hydrogens is 256 g/mol. The molecule has 0 radical (unpaired) electrons. The first kappa shape index (κ1) is 15.0. The zero-order valence-corrected chi connectivity index (χ0v) is 12.7. The highest BCUT2D eigenvalue weighted by Crippen LogP contribution is 2.28. The highest BCUT2D eigenvalue weighted by molar-refractivity contribution is 5.06. The lowest BCUT2D eigenvalue weighted by molar-refractivity contribution is 0.0892. The van der Waals surface area contributed by atoms with Gasteiger partial charge in [-0.1, -0.05) is 13.8 Å². The van der Waals surface area contributed by atoms with E-state index in [1.807, 2.05) is 0 Å². The number of likely N-dealkylation sites (tertiary alicyclic amines) is 1. The van der Waals surface area contributed by atoms with Gasteiger partial charge in [-0.3, -0.25) is 14.3 Å². The molecule has 1 aliphatic heterocycles. The average Bonchev–Trinajstić information content (AvgIpc) is 2.37. The molecule has 6 nitrogen and oxygen atoms in total. The predicted molar refractivity (Wildman–Crippen MR) is 78.6 cm³/mol. The van der Waals surface area contributed by atoms with Gasteiger partial charge in [0.15, 0.2) is 0 Å². The number of aryl methyl sites for hydroxylation is 1. The number of piperidine rings is 1. The monoisotopic (exact) mass is 280 g/mol. The Bertz CT molecular complexity index is 615. The fourth-order valence-electron chi connectivity index (χ4n) is 2.85. The maximum atomic E-state index is 12.1. The van der Waals surface area contributed by atoms with Gasteiger partial charge in [0.25, 0.3) is 5.56 Å². The number of aromatic nitrogens is 2. The third kappa shape index (κ3) is 2.71. The van der Waals surface area contributed by atoms with Crippen molar-refractivity contribution >= 4 is 0 Å². The van der Waals surface area contributed by atoms with Crippen LogP contribution in [-0.2, 0) is 20.6 Å². The summed E-state index contributed by atoms with van der Waals surface area (Å²) >= 11 is 0. The van der Waals surface area contributed by atoms with Gasteiger partial charge < -0.3 is 10.3 Å². The summed E-state index contributed by atoms with van der Waals surface area (Å²) in [5.41, 5.74) is 6.33. The minimum Gasteiger partial charge on any atom is -0.327 e. The summed E-state index contributed by atoms with van der Waals surface area (Å²) in [4.78, 5) is 26.1. The van der Waals surface area contributed by atoms with Crippen LogP contribution in [0.1, 0.15) is 25.8 Å². The zero-order chi connectivity index (χ0) is 15.1. The maximum absolute atomic E-state index is 12.1. The second-order valence-corrected chi connectivity index (χ2v) is 6.51. The Morgan fingerprint density at radius 1 is 1.35 bits per heavy atom. The molecule has 0 saturated carbocycles. The number of hydrogen-bond donors (Lipinski definition) is 1. The molecule has 1 atom stereocenters. The molecule has 1 aromatic heterocycles. The third-order valence-corrected chi connectivity index (χ3v) is 4.30. The van der Waals surface area contributed by atoms with Crippen molar-refractivity contribution in [3.63, 3.8) is 0 Å². The Hall–Kier alpha value is -1.40. The van der Waals surface area contributed by atoms with Gasteiger partial charge in [0.1, 0.15) is 0 Å². The summed E-state index contributed by atoms with van der Waals surface area (Å²) in [7, 11) is 3.19. The van der Waals surface area contributed by atoms with Crippen molar-refractivity contribution in [2.24, 2.45) is 25.2 Å². The summed E-state index contributed by atoms with van der Waals surface area (Å²) in [6.07, 6.45) is 2.57. The Morgan fingerprint density at radius 2 is 2.00 bits per heavy atom. The summed E-state index contributed by atoms with van der Waals surface area (Å²) in [6.45, 7) is 6.62. The van der Waals surface area contributed by atoms with Gasteiger partial charge in [-0.25, -0.2) is 4.79 Å². The molecule has 1 aromatic rings. The summed E-state index contributed by atoms with van der Waals surface area (Å²) in [6, 6.07) is 0.196. The van der Waals surface area contributed by atoms with Crippen LogP contribution in [0.15, 0.2) is 15.8 Å². The zero-order valence-electron chi connectivity index (χ0n) is 12.7. The van der Waals surface area contributed by atoms with E-state index in [0.29, 0.717) is 12.1 Å². The van der Waals surface area contributed by atoms with Crippen LogP contribution in [0, 0.1) is 5.41 Å². The van der Waals surface area contributed by atoms with Crippen LogP contribution in [0.3, 0.4) is 0 Å². The van der Waals surface area contributed by atoms with E-state index in [0.717, 1.165) is 24.1 Å². The first-order valence-electron chi connectivity index (χ1n) is 6.96. The molecule has 6 heteroatoms. The minimum absolute atomic E-state index is 0.0458. The van der Waals surface area contributed by atoms with Crippen molar-refractivity contribution < 1.29 is 0 Å². The maximum Gasteiger partial charge on any atom is 0.330 e. The number of hydrogen-bond acceptors (Lipinski definition) is 4. The third-order valence-electron chi connectivity index (χ3n) is 4.30. The second-order valence-electron chi connectivity index (χ2n) is 6.51. The van der Waals surface area contributed by atoms with Gasteiger partial charge in [-0.05, 0) is 11.8 Å². The number of nitrogens with zero attached hydrogens (tertiary/aromatic N) is 3. The quantitative estimate of drug-likeness (QED) is 0.803. The van der Waals surface area contributed by atoms with Crippen molar-refractivity contribution in [1.82, 2.24) is 14.0 Å². The predicted octanol–water partition coefficient (Wildman–Crippen LogP) is -0.357. The SMILES string of the molecule is Cn1cc(CN2CCC(N)C(C)(C)C2)c(=O)n(C)c1=O. The molecule has 0 aromatic carbocycles.